The highest BCUT2D eigenvalue weighted by Crippen LogP contribution is 2.42. The van der Waals surface area contributed by atoms with Gasteiger partial charge in [0.15, 0.2) is 0 Å². The number of benzene rings is 1. The first-order valence-electron chi connectivity index (χ1n) is 8.39. The largest absolute Gasteiger partial charge is 0.496 e. The van der Waals surface area contributed by atoms with Crippen LogP contribution in [0.25, 0.3) is 0 Å². The number of carbonyl (C=O) groups is 2. The van der Waals surface area contributed by atoms with Gasteiger partial charge in [0.05, 0.1) is 18.9 Å². The Kier molecular flexibility index (Phi) is 5.20. The molecule has 1 aromatic carbocycles. The Labute approximate surface area is 151 Å². The number of carboxylic acids is 1. The minimum atomic E-state index is -0.905. The number of halogens is 1. The zero-order valence-electron chi connectivity index (χ0n) is 14.1. The molecule has 1 aliphatic carbocycles. The van der Waals surface area contributed by atoms with E-state index in [4.69, 9.17) is 26.2 Å². The maximum Gasteiger partial charge on any atom is 0.307 e. The summed E-state index contributed by atoms with van der Waals surface area (Å²) in [5, 5.41) is 12.6. The summed E-state index contributed by atoms with van der Waals surface area (Å²) in [6.45, 7) is 1.59. The summed E-state index contributed by atoms with van der Waals surface area (Å²) in [5.41, 5.74) is 0.620. The van der Waals surface area contributed by atoms with Crippen molar-refractivity contribution in [3.63, 3.8) is 0 Å². The lowest BCUT2D eigenvalue weighted by Gasteiger charge is -2.38. The van der Waals surface area contributed by atoms with Crippen LogP contribution in [0, 0.1) is 11.8 Å². The van der Waals surface area contributed by atoms with Gasteiger partial charge in [-0.05, 0) is 37.5 Å². The van der Waals surface area contributed by atoms with Gasteiger partial charge in [0.25, 0.3) is 0 Å². The van der Waals surface area contributed by atoms with Gasteiger partial charge >= 0.3 is 5.97 Å². The van der Waals surface area contributed by atoms with Gasteiger partial charge in [0.1, 0.15) is 5.75 Å². The van der Waals surface area contributed by atoms with Crippen LogP contribution in [0.15, 0.2) is 18.2 Å². The second-order valence-corrected chi connectivity index (χ2v) is 7.18. The maximum atomic E-state index is 12.3. The highest BCUT2D eigenvalue weighted by atomic mass is 35.5. The lowest BCUT2D eigenvalue weighted by Crippen LogP contribution is -2.45. The Morgan fingerprint density at radius 1 is 1.36 bits per heavy atom. The second-order valence-electron chi connectivity index (χ2n) is 6.74. The van der Waals surface area contributed by atoms with Gasteiger partial charge in [-0.25, -0.2) is 0 Å². The summed E-state index contributed by atoms with van der Waals surface area (Å²) >= 11 is 6.19. The zero-order chi connectivity index (χ0) is 18.0. The van der Waals surface area contributed by atoms with Crippen LogP contribution in [-0.4, -0.2) is 43.9 Å². The minimum absolute atomic E-state index is 0.195. The van der Waals surface area contributed by atoms with Gasteiger partial charge in [-0.3, -0.25) is 9.59 Å². The van der Waals surface area contributed by atoms with Crippen molar-refractivity contribution in [1.82, 2.24) is 5.32 Å². The molecule has 1 aromatic rings. The van der Waals surface area contributed by atoms with E-state index in [-0.39, 0.29) is 11.3 Å². The molecule has 6 nitrogen and oxygen atoms in total. The van der Waals surface area contributed by atoms with Crippen molar-refractivity contribution in [1.29, 1.82) is 0 Å². The zero-order valence-corrected chi connectivity index (χ0v) is 14.8. The fourth-order valence-corrected chi connectivity index (χ4v) is 3.72. The molecule has 1 heterocycles. The smallest absolute Gasteiger partial charge is 0.307 e. The molecule has 136 valence electrons. The van der Waals surface area contributed by atoms with Crippen LogP contribution in [0.4, 0.5) is 0 Å². The van der Waals surface area contributed by atoms with Crippen molar-refractivity contribution in [3.8, 4) is 5.75 Å². The molecule has 2 aliphatic rings. The Balaban J connectivity index is 1.79. The monoisotopic (exact) mass is 367 g/mol. The van der Waals surface area contributed by atoms with Crippen LogP contribution >= 0.6 is 11.6 Å². The molecule has 2 atom stereocenters. The van der Waals surface area contributed by atoms with Crippen molar-refractivity contribution in [2.24, 2.45) is 11.8 Å². The van der Waals surface area contributed by atoms with E-state index in [0.717, 1.165) is 24.2 Å². The lowest BCUT2D eigenvalue weighted by atomic mass is 9.73. The number of aliphatic carboxylic acids is 1. The number of hydrogen-bond donors (Lipinski definition) is 2. The van der Waals surface area contributed by atoms with E-state index in [1.807, 2.05) is 12.1 Å². The molecule has 7 heteroatoms. The molecule has 25 heavy (non-hydrogen) atoms. The highest BCUT2D eigenvalue weighted by molar-refractivity contribution is 6.30. The SMILES string of the molecule is COc1ccc(Cl)cc1C1(CNC(=O)[C@@H]2C[C@H]2C(=O)O)CCOCC1. The lowest BCUT2D eigenvalue weighted by molar-refractivity contribution is -0.140. The second kappa shape index (κ2) is 7.22. The van der Waals surface area contributed by atoms with E-state index in [2.05, 4.69) is 5.32 Å². The van der Waals surface area contributed by atoms with Crippen LogP contribution in [0.5, 0.6) is 5.75 Å². The van der Waals surface area contributed by atoms with Gasteiger partial charge < -0.3 is 19.9 Å². The molecule has 0 spiro atoms. The third kappa shape index (κ3) is 3.75. The standard InChI is InChI=1S/C18H22ClNO5/c1-24-15-3-2-11(19)8-14(15)18(4-6-25-7-5-18)10-20-16(21)12-9-13(12)17(22)23/h2-3,8,12-13H,4-7,9-10H2,1H3,(H,20,21)(H,22,23)/t12-,13-/m1/s1. The molecule has 2 N–H and O–H groups in total. The number of nitrogens with one attached hydrogen (secondary N) is 1. The Hall–Kier alpha value is -1.79. The molecule has 1 amide bonds. The molecule has 0 aromatic heterocycles. The summed E-state index contributed by atoms with van der Waals surface area (Å²) < 4.78 is 11.0. The fraction of sp³-hybridized carbons (Fsp3) is 0.556. The first kappa shape index (κ1) is 18.0. The summed E-state index contributed by atoms with van der Waals surface area (Å²) in [5.74, 6) is -1.34. The molecule has 3 rings (SSSR count). The van der Waals surface area contributed by atoms with Crippen molar-refractivity contribution in [2.75, 3.05) is 26.9 Å². The van der Waals surface area contributed by atoms with Crippen LogP contribution in [-0.2, 0) is 19.7 Å². The highest BCUT2D eigenvalue weighted by Gasteiger charge is 2.49. The number of carbonyl (C=O) groups excluding carboxylic acids is 1. The Bertz CT molecular complexity index is 671. The van der Waals surface area contributed by atoms with E-state index in [1.54, 1.807) is 13.2 Å². The normalized spacial score (nSPS) is 24.4. The third-order valence-electron chi connectivity index (χ3n) is 5.23. The van der Waals surface area contributed by atoms with Crippen molar-refractivity contribution in [2.45, 2.75) is 24.7 Å². The molecule has 1 aliphatic heterocycles. The first-order chi connectivity index (χ1) is 12.0. The summed E-state index contributed by atoms with van der Waals surface area (Å²) in [6.07, 6.45) is 1.88. The summed E-state index contributed by atoms with van der Waals surface area (Å²) in [6, 6.07) is 5.49. The summed E-state index contributed by atoms with van der Waals surface area (Å²) in [7, 11) is 1.61. The molecular weight excluding hydrogens is 346 g/mol. The van der Waals surface area contributed by atoms with E-state index in [9.17, 15) is 9.59 Å². The molecule has 0 radical (unpaired) electrons. The van der Waals surface area contributed by atoms with Crippen LogP contribution < -0.4 is 10.1 Å². The molecular formula is C18H22ClNO5. The molecule has 2 fully saturated rings. The average Bonchev–Trinajstić information content (AvgIpc) is 3.41. The number of hydrogen-bond acceptors (Lipinski definition) is 4. The molecule has 1 saturated heterocycles. The minimum Gasteiger partial charge on any atom is -0.496 e. The van der Waals surface area contributed by atoms with Gasteiger partial charge in [0, 0.05) is 35.8 Å². The van der Waals surface area contributed by atoms with Crippen LogP contribution in [0.3, 0.4) is 0 Å². The van der Waals surface area contributed by atoms with Gasteiger partial charge in [0.2, 0.25) is 5.91 Å². The predicted molar refractivity (Wildman–Crippen MR) is 92.0 cm³/mol. The van der Waals surface area contributed by atoms with Crippen LogP contribution in [0.1, 0.15) is 24.8 Å². The molecule has 0 bridgehead atoms. The number of carboxylic acid groups (broad SMARTS) is 1. The third-order valence-corrected chi connectivity index (χ3v) is 5.46. The molecule has 1 saturated carbocycles. The Morgan fingerprint density at radius 3 is 2.68 bits per heavy atom. The average molecular weight is 368 g/mol. The van der Waals surface area contributed by atoms with E-state index < -0.39 is 17.8 Å². The van der Waals surface area contributed by atoms with Crippen molar-refractivity contribution in [3.05, 3.63) is 28.8 Å². The number of methoxy groups -OCH3 is 1. The van der Waals surface area contributed by atoms with E-state index in [0.29, 0.717) is 31.2 Å². The van der Waals surface area contributed by atoms with Gasteiger partial charge in [-0.1, -0.05) is 11.6 Å². The first-order valence-corrected chi connectivity index (χ1v) is 8.77. The van der Waals surface area contributed by atoms with E-state index >= 15 is 0 Å². The maximum absolute atomic E-state index is 12.3. The Morgan fingerprint density at radius 2 is 2.08 bits per heavy atom. The van der Waals surface area contributed by atoms with Gasteiger partial charge in [-0.2, -0.15) is 0 Å². The van der Waals surface area contributed by atoms with E-state index in [1.165, 1.54) is 0 Å². The van der Waals surface area contributed by atoms with Gasteiger partial charge in [-0.15, -0.1) is 0 Å². The van der Waals surface area contributed by atoms with Crippen molar-refractivity contribution >= 4 is 23.5 Å². The van der Waals surface area contributed by atoms with Crippen molar-refractivity contribution < 1.29 is 24.2 Å². The predicted octanol–water partition coefficient (Wildman–Crippen LogP) is 2.23. The quantitative estimate of drug-likeness (QED) is 0.805. The fourth-order valence-electron chi connectivity index (χ4n) is 3.54. The van der Waals surface area contributed by atoms with Crippen LogP contribution in [0.2, 0.25) is 5.02 Å². The number of amides is 1. The number of ether oxygens (including phenoxy) is 2. The topological polar surface area (TPSA) is 84.9 Å². The molecule has 0 unspecified atom stereocenters. The summed E-state index contributed by atoms with van der Waals surface area (Å²) in [4.78, 5) is 23.3. The number of rotatable bonds is 6.